The second kappa shape index (κ2) is 7.44. The van der Waals surface area contributed by atoms with Crippen LogP contribution in [-0.4, -0.2) is 34.5 Å². The Morgan fingerprint density at radius 2 is 1.96 bits per heavy atom. The van der Waals surface area contributed by atoms with Crippen LogP contribution in [0.4, 0.5) is 0 Å². The number of nitrogens with zero attached hydrogens (tertiary/aromatic N) is 3. The van der Waals surface area contributed by atoms with Gasteiger partial charge in [0.15, 0.2) is 0 Å². The zero-order valence-electron chi connectivity index (χ0n) is 15.6. The van der Waals surface area contributed by atoms with E-state index < -0.39 is 0 Å². The van der Waals surface area contributed by atoms with Crippen molar-refractivity contribution in [3.8, 4) is 5.75 Å². The highest BCUT2D eigenvalue weighted by molar-refractivity contribution is 7.16. The number of hydrogen-bond acceptors (Lipinski definition) is 5. The van der Waals surface area contributed by atoms with Crippen molar-refractivity contribution in [2.75, 3.05) is 14.2 Å². The third kappa shape index (κ3) is 3.48. The zero-order chi connectivity index (χ0) is 19.7. The van der Waals surface area contributed by atoms with E-state index >= 15 is 0 Å². The Balaban J connectivity index is 1.50. The number of carbonyl (C=O) groups excluding carboxylic acids is 1. The predicted molar refractivity (Wildman–Crippen MR) is 111 cm³/mol. The molecule has 6 nitrogen and oxygen atoms in total. The first kappa shape index (κ1) is 18.2. The first-order chi connectivity index (χ1) is 13.5. The molecule has 2 aromatic heterocycles. The summed E-state index contributed by atoms with van der Waals surface area (Å²) < 4.78 is 6.61. The number of ether oxygens (including phenoxy) is 1. The molecule has 0 radical (unpaired) electrons. The molecule has 0 saturated heterocycles. The number of thiophene rings is 1. The van der Waals surface area contributed by atoms with Gasteiger partial charge in [0.2, 0.25) is 5.91 Å². The molecule has 0 aliphatic heterocycles. The lowest BCUT2D eigenvalue weighted by Crippen LogP contribution is -2.33. The highest BCUT2D eigenvalue weighted by atomic mass is 32.1. The van der Waals surface area contributed by atoms with Crippen molar-refractivity contribution in [1.82, 2.24) is 14.5 Å². The minimum Gasteiger partial charge on any atom is -0.497 e. The standard InChI is InChI=1S/C21H19N3O3S/c1-23(11-14-3-4-16-10-17(27-2)6-5-15(16)9-14)19(25)12-24-13-22-20-18(21(24)26)7-8-28-20/h3-10,13H,11-12H2,1-2H3. The summed E-state index contributed by atoms with van der Waals surface area (Å²) in [6.45, 7) is 0.433. The molecule has 1 amide bonds. The molecule has 142 valence electrons. The zero-order valence-corrected chi connectivity index (χ0v) is 16.4. The molecular weight excluding hydrogens is 374 g/mol. The fourth-order valence-corrected chi connectivity index (χ4v) is 3.86. The predicted octanol–water partition coefficient (Wildman–Crippen LogP) is 3.28. The monoisotopic (exact) mass is 393 g/mol. The summed E-state index contributed by atoms with van der Waals surface area (Å²) in [5, 5.41) is 4.54. The van der Waals surface area contributed by atoms with Gasteiger partial charge >= 0.3 is 0 Å². The molecule has 0 saturated carbocycles. The molecule has 0 fully saturated rings. The molecule has 4 rings (SSSR count). The summed E-state index contributed by atoms with van der Waals surface area (Å²) in [5.41, 5.74) is 0.833. The van der Waals surface area contributed by atoms with Gasteiger partial charge in [0.1, 0.15) is 17.1 Å². The van der Waals surface area contributed by atoms with Crippen LogP contribution in [0.5, 0.6) is 5.75 Å². The summed E-state index contributed by atoms with van der Waals surface area (Å²) in [4.78, 5) is 31.6. The van der Waals surface area contributed by atoms with Gasteiger partial charge in [0, 0.05) is 13.6 Å². The van der Waals surface area contributed by atoms with Gasteiger partial charge in [-0.1, -0.05) is 18.2 Å². The normalized spacial score (nSPS) is 11.1. The number of hydrogen-bond donors (Lipinski definition) is 0. The Kier molecular flexibility index (Phi) is 4.83. The van der Waals surface area contributed by atoms with Crippen molar-refractivity contribution in [3.63, 3.8) is 0 Å². The van der Waals surface area contributed by atoms with Crippen molar-refractivity contribution >= 4 is 38.2 Å². The molecule has 0 bridgehead atoms. The summed E-state index contributed by atoms with van der Waals surface area (Å²) >= 11 is 1.41. The first-order valence-electron chi connectivity index (χ1n) is 8.78. The summed E-state index contributed by atoms with van der Waals surface area (Å²) in [5.74, 6) is 0.669. The quantitative estimate of drug-likeness (QED) is 0.522. The van der Waals surface area contributed by atoms with Crippen LogP contribution >= 0.6 is 11.3 Å². The number of likely N-dealkylation sites (N-methyl/N-ethyl adjacent to an activating group) is 1. The summed E-state index contributed by atoms with van der Waals surface area (Å²) in [6, 6.07) is 13.7. The second-order valence-corrected chi connectivity index (χ2v) is 7.51. The highest BCUT2D eigenvalue weighted by Gasteiger charge is 2.13. The van der Waals surface area contributed by atoms with Gasteiger partial charge in [-0.3, -0.25) is 14.2 Å². The third-order valence-electron chi connectivity index (χ3n) is 4.71. The third-order valence-corrected chi connectivity index (χ3v) is 5.53. The maximum Gasteiger partial charge on any atom is 0.262 e. The van der Waals surface area contributed by atoms with Crippen LogP contribution in [-0.2, 0) is 17.9 Å². The Bertz CT molecular complexity index is 1230. The Hall–Kier alpha value is -3.19. The molecule has 0 aliphatic carbocycles. The minimum absolute atomic E-state index is 0.0289. The van der Waals surface area contributed by atoms with Crippen LogP contribution < -0.4 is 10.3 Å². The lowest BCUT2D eigenvalue weighted by Gasteiger charge is -2.18. The smallest absolute Gasteiger partial charge is 0.262 e. The molecule has 2 aromatic carbocycles. The van der Waals surface area contributed by atoms with Crippen molar-refractivity contribution in [3.05, 3.63) is 70.1 Å². The van der Waals surface area contributed by atoms with Crippen LogP contribution in [0.1, 0.15) is 5.56 Å². The van der Waals surface area contributed by atoms with Crippen molar-refractivity contribution < 1.29 is 9.53 Å². The van der Waals surface area contributed by atoms with Gasteiger partial charge in [-0.2, -0.15) is 0 Å². The van der Waals surface area contributed by atoms with Crippen molar-refractivity contribution in [2.45, 2.75) is 13.1 Å². The van der Waals surface area contributed by atoms with Crippen molar-refractivity contribution in [2.24, 2.45) is 0 Å². The van der Waals surface area contributed by atoms with E-state index in [1.54, 1.807) is 25.1 Å². The number of benzene rings is 2. The molecule has 0 N–H and O–H groups in total. The largest absolute Gasteiger partial charge is 0.497 e. The van der Waals surface area contributed by atoms with Crippen LogP contribution in [0.25, 0.3) is 21.0 Å². The average molecular weight is 393 g/mol. The number of methoxy groups -OCH3 is 1. The molecule has 0 atom stereocenters. The van der Waals surface area contributed by atoms with E-state index in [2.05, 4.69) is 11.1 Å². The second-order valence-electron chi connectivity index (χ2n) is 6.61. The van der Waals surface area contributed by atoms with E-state index in [1.807, 2.05) is 35.7 Å². The molecule has 0 aliphatic rings. The molecule has 7 heteroatoms. The van der Waals surface area contributed by atoms with Gasteiger partial charge in [-0.05, 0) is 46.0 Å². The molecule has 2 heterocycles. The van der Waals surface area contributed by atoms with Gasteiger partial charge < -0.3 is 9.64 Å². The maximum absolute atomic E-state index is 12.6. The SMILES string of the molecule is COc1ccc2cc(CN(C)C(=O)Cn3cnc4sccc4c3=O)ccc2c1. The van der Waals surface area contributed by atoms with Gasteiger partial charge in [-0.25, -0.2) is 4.98 Å². The van der Waals surface area contributed by atoms with Crippen LogP contribution in [0, 0.1) is 0 Å². The summed E-state index contributed by atoms with van der Waals surface area (Å²) in [6.07, 6.45) is 1.44. The number of carbonyl (C=O) groups is 1. The lowest BCUT2D eigenvalue weighted by molar-refractivity contribution is -0.131. The fourth-order valence-electron chi connectivity index (χ4n) is 3.13. The molecule has 0 spiro atoms. The Morgan fingerprint density at radius 1 is 1.18 bits per heavy atom. The molecule has 0 unspecified atom stereocenters. The number of amides is 1. The average Bonchev–Trinajstić information content (AvgIpc) is 3.19. The Labute approximate surface area is 165 Å². The minimum atomic E-state index is -0.187. The topological polar surface area (TPSA) is 64.4 Å². The fraction of sp³-hybridized carbons (Fsp3) is 0.190. The van der Waals surface area contributed by atoms with Crippen molar-refractivity contribution in [1.29, 1.82) is 0 Å². The maximum atomic E-state index is 12.6. The van der Waals surface area contributed by atoms with Crippen LogP contribution in [0.2, 0.25) is 0 Å². The van der Waals surface area contributed by atoms with E-state index in [0.29, 0.717) is 16.8 Å². The van der Waals surface area contributed by atoms with Crippen LogP contribution in [0.15, 0.2) is 59.0 Å². The lowest BCUT2D eigenvalue weighted by atomic mass is 10.1. The van der Waals surface area contributed by atoms with Gasteiger partial charge in [0.05, 0.1) is 18.8 Å². The summed E-state index contributed by atoms with van der Waals surface area (Å²) in [7, 11) is 3.38. The van der Waals surface area contributed by atoms with E-state index in [-0.39, 0.29) is 18.0 Å². The van der Waals surface area contributed by atoms with E-state index in [0.717, 1.165) is 22.1 Å². The Morgan fingerprint density at radius 3 is 2.79 bits per heavy atom. The molecule has 4 aromatic rings. The molecule has 28 heavy (non-hydrogen) atoms. The number of rotatable bonds is 5. The molecular formula is C21H19N3O3S. The van der Waals surface area contributed by atoms with Crippen LogP contribution in [0.3, 0.4) is 0 Å². The number of aromatic nitrogens is 2. The van der Waals surface area contributed by atoms with Gasteiger partial charge in [0.25, 0.3) is 5.56 Å². The highest BCUT2D eigenvalue weighted by Crippen LogP contribution is 2.22. The van der Waals surface area contributed by atoms with E-state index in [4.69, 9.17) is 4.74 Å². The van der Waals surface area contributed by atoms with E-state index in [9.17, 15) is 9.59 Å². The first-order valence-corrected chi connectivity index (χ1v) is 9.66. The van der Waals surface area contributed by atoms with Gasteiger partial charge in [-0.15, -0.1) is 11.3 Å². The number of fused-ring (bicyclic) bond motifs is 2. The van der Waals surface area contributed by atoms with E-state index in [1.165, 1.54) is 22.2 Å².